The van der Waals surface area contributed by atoms with E-state index >= 15 is 0 Å². The fourth-order valence-electron chi connectivity index (χ4n) is 1.92. The first-order chi connectivity index (χ1) is 9.63. The number of fused-ring (bicyclic) bond motifs is 1. The van der Waals surface area contributed by atoms with E-state index in [0.29, 0.717) is 21.9 Å². The number of aliphatic hydroxyl groups excluding tert-OH is 1. The van der Waals surface area contributed by atoms with Gasteiger partial charge in [0.2, 0.25) is 5.28 Å². The van der Waals surface area contributed by atoms with E-state index in [4.69, 9.17) is 23.2 Å². The number of nitrogens with zero attached hydrogens (tertiary/aromatic N) is 3. The molecule has 0 aliphatic rings. The molecule has 2 aromatic rings. The van der Waals surface area contributed by atoms with Crippen LogP contribution in [-0.2, 0) is 0 Å². The lowest BCUT2D eigenvalue weighted by Gasteiger charge is -2.17. The highest BCUT2D eigenvalue weighted by Gasteiger charge is 2.13. The van der Waals surface area contributed by atoms with Gasteiger partial charge in [0, 0.05) is 6.20 Å². The van der Waals surface area contributed by atoms with Crippen molar-refractivity contribution in [2.45, 2.75) is 32.2 Å². The third kappa shape index (κ3) is 3.69. The number of halogens is 2. The number of nitrogens with one attached hydrogen (secondary N) is 1. The van der Waals surface area contributed by atoms with Crippen LogP contribution in [0.2, 0.25) is 10.3 Å². The third-order valence-corrected chi connectivity index (χ3v) is 3.32. The summed E-state index contributed by atoms with van der Waals surface area (Å²) in [5.41, 5.74) is 1.17. The third-order valence-electron chi connectivity index (χ3n) is 2.94. The van der Waals surface area contributed by atoms with Crippen molar-refractivity contribution in [3.05, 3.63) is 22.6 Å². The van der Waals surface area contributed by atoms with Gasteiger partial charge in [-0.2, -0.15) is 4.98 Å². The van der Waals surface area contributed by atoms with Gasteiger partial charge in [0.15, 0.2) is 5.82 Å². The average Bonchev–Trinajstić information content (AvgIpc) is 2.42. The molecule has 0 amide bonds. The molecule has 0 saturated heterocycles. The molecule has 0 spiro atoms. The highest BCUT2D eigenvalue weighted by Crippen LogP contribution is 2.23. The fraction of sp³-hybridized carbons (Fsp3) is 0.462. The zero-order valence-corrected chi connectivity index (χ0v) is 12.6. The van der Waals surface area contributed by atoms with Crippen LogP contribution in [0.3, 0.4) is 0 Å². The van der Waals surface area contributed by atoms with Crippen molar-refractivity contribution in [3.8, 4) is 0 Å². The van der Waals surface area contributed by atoms with Crippen LogP contribution in [0.25, 0.3) is 11.0 Å². The van der Waals surface area contributed by atoms with Crippen LogP contribution >= 0.6 is 23.2 Å². The Bertz CT molecular complexity index is 589. The average molecular weight is 315 g/mol. The van der Waals surface area contributed by atoms with Crippen molar-refractivity contribution < 1.29 is 5.11 Å². The lowest BCUT2D eigenvalue weighted by molar-refractivity contribution is 0.267. The molecule has 0 bridgehead atoms. The minimum Gasteiger partial charge on any atom is -0.394 e. The van der Waals surface area contributed by atoms with Crippen molar-refractivity contribution in [1.82, 2.24) is 15.0 Å². The first kappa shape index (κ1) is 15.2. The molecule has 0 aliphatic carbocycles. The predicted octanol–water partition coefficient (Wildman–Crippen LogP) is 3.29. The van der Waals surface area contributed by atoms with Crippen LogP contribution in [0.4, 0.5) is 5.82 Å². The molecule has 7 heteroatoms. The quantitative estimate of drug-likeness (QED) is 0.800. The molecule has 2 aromatic heterocycles. The van der Waals surface area contributed by atoms with Gasteiger partial charge in [0.1, 0.15) is 5.52 Å². The monoisotopic (exact) mass is 314 g/mol. The molecule has 2 heterocycles. The Morgan fingerprint density at radius 2 is 2.15 bits per heavy atom. The molecule has 0 saturated carbocycles. The van der Waals surface area contributed by atoms with Crippen molar-refractivity contribution in [1.29, 1.82) is 0 Å². The Hall–Kier alpha value is -1.17. The first-order valence-corrected chi connectivity index (χ1v) is 7.25. The highest BCUT2D eigenvalue weighted by molar-refractivity contribution is 6.31. The van der Waals surface area contributed by atoms with Crippen LogP contribution < -0.4 is 5.32 Å². The van der Waals surface area contributed by atoms with E-state index in [1.165, 1.54) is 6.20 Å². The van der Waals surface area contributed by atoms with Gasteiger partial charge in [-0.1, -0.05) is 31.4 Å². The van der Waals surface area contributed by atoms with E-state index in [9.17, 15) is 5.11 Å². The van der Waals surface area contributed by atoms with Crippen LogP contribution in [0.1, 0.15) is 26.2 Å². The van der Waals surface area contributed by atoms with Crippen LogP contribution in [0, 0.1) is 0 Å². The molecule has 2 N–H and O–H groups in total. The second-order valence-corrected chi connectivity index (χ2v) is 5.30. The topological polar surface area (TPSA) is 70.9 Å². The molecule has 20 heavy (non-hydrogen) atoms. The Kier molecular flexibility index (Phi) is 5.34. The SMILES string of the molecule is CCCC[C@H](CO)Nc1nc(Cl)nc2cc(Cl)cnc12. The normalized spacial score (nSPS) is 12.6. The molecule has 0 unspecified atom stereocenters. The summed E-state index contributed by atoms with van der Waals surface area (Å²) in [5, 5.41) is 13.2. The largest absolute Gasteiger partial charge is 0.394 e. The van der Waals surface area contributed by atoms with E-state index in [0.717, 1.165) is 19.3 Å². The maximum absolute atomic E-state index is 9.42. The van der Waals surface area contributed by atoms with Gasteiger partial charge in [0.05, 0.1) is 23.2 Å². The summed E-state index contributed by atoms with van der Waals surface area (Å²) in [6.45, 7) is 2.13. The van der Waals surface area contributed by atoms with Gasteiger partial charge in [-0.05, 0) is 24.1 Å². The van der Waals surface area contributed by atoms with E-state index in [-0.39, 0.29) is 17.9 Å². The molecular weight excluding hydrogens is 299 g/mol. The smallest absolute Gasteiger partial charge is 0.225 e. The summed E-state index contributed by atoms with van der Waals surface area (Å²) in [4.78, 5) is 12.5. The van der Waals surface area contributed by atoms with Crippen LogP contribution in [-0.4, -0.2) is 32.7 Å². The summed E-state index contributed by atoms with van der Waals surface area (Å²) in [6, 6.07) is 1.60. The highest BCUT2D eigenvalue weighted by atomic mass is 35.5. The summed E-state index contributed by atoms with van der Waals surface area (Å²) in [7, 11) is 0. The number of anilines is 1. The number of hydrogen-bond donors (Lipinski definition) is 2. The second kappa shape index (κ2) is 7.02. The summed E-state index contributed by atoms with van der Waals surface area (Å²) < 4.78 is 0. The number of pyridine rings is 1. The van der Waals surface area contributed by atoms with Gasteiger partial charge in [0.25, 0.3) is 0 Å². The molecule has 0 aliphatic heterocycles. The van der Waals surface area contributed by atoms with E-state index in [2.05, 4.69) is 27.2 Å². The number of hydrogen-bond acceptors (Lipinski definition) is 5. The maximum Gasteiger partial charge on any atom is 0.225 e. The summed E-state index contributed by atoms with van der Waals surface area (Å²) in [5.74, 6) is 0.520. The fourth-order valence-corrected chi connectivity index (χ4v) is 2.25. The van der Waals surface area contributed by atoms with Crippen molar-refractivity contribution in [2.24, 2.45) is 0 Å². The zero-order chi connectivity index (χ0) is 14.5. The van der Waals surface area contributed by atoms with Gasteiger partial charge in [-0.3, -0.25) is 0 Å². The van der Waals surface area contributed by atoms with Gasteiger partial charge >= 0.3 is 0 Å². The summed E-state index contributed by atoms with van der Waals surface area (Å²) in [6.07, 6.45) is 4.47. The van der Waals surface area contributed by atoms with E-state index in [1.54, 1.807) is 6.07 Å². The molecule has 5 nitrogen and oxygen atoms in total. The molecule has 108 valence electrons. The number of aromatic nitrogens is 3. The van der Waals surface area contributed by atoms with Gasteiger partial charge in [-0.25, -0.2) is 9.97 Å². The summed E-state index contributed by atoms with van der Waals surface area (Å²) >= 11 is 11.8. The number of rotatable bonds is 6. The van der Waals surface area contributed by atoms with Crippen molar-refractivity contribution >= 4 is 40.1 Å². The van der Waals surface area contributed by atoms with Crippen LogP contribution in [0.5, 0.6) is 0 Å². The standard InChI is InChI=1S/C13H16Cl2N4O/c1-2-3-4-9(7-20)17-12-11-10(18-13(15)19-12)5-8(14)6-16-11/h5-6,9,20H,2-4,7H2,1H3,(H,17,18,19)/t9-/m1/s1. The van der Waals surface area contributed by atoms with Gasteiger partial charge < -0.3 is 10.4 Å². The molecule has 0 fully saturated rings. The molecule has 0 aromatic carbocycles. The minimum absolute atomic E-state index is 0.0245. The van der Waals surface area contributed by atoms with Crippen LogP contribution in [0.15, 0.2) is 12.3 Å². The van der Waals surface area contributed by atoms with Crippen molar-refractivity contribution in [2.75, 3.05) is 11.9 Å². The number of aliphatic hydroxyl groups is 1. The maximum atomic E-state index is 9.42. The molecular formula is C13H16Cl2N4O. The van der Waals surface area contributed by atoms with E-state index < -0.39 is 0 Å². The Morgan fingerprint density at radius 3 is 2.85 bits per heavy atom. The zero-order valence-electron chi connectivity index (χ0n) is 11.1. The predicted molar refractivity (Wildman–Crippen MR) is 81.4 cm³/mol. The first-order valence-electron chi connectivity index (χ1n) is 6.50. The lowest BCUT2D eigenvalue weighted by atomic mass is 10.1. The van der Waals surface area contributed by atoms with E-state index in [1.807, 2.05) is 0 Å². The molecule has 2 rings (SSSR count). The Labute approximate surface area is 127 Å². The van der Waals surface area contributed by atoms with Crippen molar-refractivity contribution in [3.63, 3.8) is 0 Å². The Morgan fingerprint density at radius 1 is 1.35 bits per heavy atom. The lowest BCUT2D eigenvalue weighted by Crippen LogP contribution is -2.24. The molecule has 1 atom stereocenters. The Balaban J connectivity index is 2.32. The minimum atomic E-state index is -0.0819. The number of unbranched alkanes of at least 4 members (excludes halogenated alkanes) is 1. The second-order valence-electron chi connectivity index (χ2n) is 4.53. The van der Waals surface area contributed by atoms with Gasteiger partial charge in [-0.15, -0.1) is 0 Å². The molecule has 0 radical (unpaired) electrons.